The van der Waals surface area contributed by atoms with E-state index < -0.39 is 5.24 Å². The number of hydrogen-bond donors (Lipinski definition) is 0. The predicted octanol–water partition coefficient (Wildman–Crippen LogP) is 4.43. The van der Waals surface area contributed by atoms with Crippen molar-refractivity contribution in [3.63, 3.8) is 0 Å². The zero-order valence-electron chi connectivity index (χ0n) is 9.05. The van der Waals surface area contributed by atoms with Crippen LogP contribution in [0.4, 0.5) is 0 Å². The molecule has 0 N–H and O–H groups in total. The SMILES string of the molecule is Cn1nc(-c2ccc(Cl)cc2Cl)c(Cl)c1C(=O)Cl. The topological polar surface area (TPSA) is 34.9 Å². The van der Waals surface area contributed by atoms with Crippen LogP contribution in [0.2, 0.25) is 15.1 Å². The number of aryl methyl sites for hydroxylation is 1. The Hall–Kier alpha value is -0.740. The molecule has 1 aromatic heterocycles. The number of benzene rings is 1. The van der Waals surface area contributed by atoms with Gasteiger partial charge >= 0.3 is 0 Å². The summed E-state index contributed by atoms with van der Waals surface area (Å²) in [4.78, 5) is 11.2. The van der Waals surface area contributed by atoms with Gasteiger partial charge in [0.1, 0.15) is 11.4 Å². The summed E-state index contributed by atoms with van der Waals surface area (Å²) in [5.74, 6) is 0. The smallest absolute Gasteiger partial charge is 0.272 e. The molecule has 0 amide bonds. The van der Waals surface area contributed by atoms with Crippen LogP contribution in [0.1, 0.15) is 10.5 Å². The molecule has 3 nitrogen and oxygen atoms in total. The van der Waals surface area contributed by atoms with Crippen molar-refractivity contribution in [3.05, 3.63) is 39.0 Å². The maximum Gasteiger partial charge on any atom is 0.272 e. The van der Waals surface area contributed by atoms with Gasteiger partial charge in [-0.25, -0.2) is 0 Å². The Morgan fingerprint density at radius 1 is 1.28 bits per heavy atom. The van der Waals surface area contributed by atoms with Crippen LogP contribution in [0.15, 0.2) is 18.2 Å². The van der Waals surface area contributed by atoms with Crippen LogP contribution in [0.5, 0.6) is 0 Å². The molecule has 0 unspecified atom stereocenters. The fraction of sp³-hybridized carbons (Fsp3) is 0.0909. The second kappa shape index (κ2) is 5.10. The number of carbonyl (C=O) groups excluding carboxylic acids is 1. The molecule has 0 saturated heterocycles. The van der Waals surface area contributed by atoms with Crippen LogP contribution in [0, 0.1) is 0 Å². The van der Waals surface area contributed by atoms with Crippen LogP contribution in [0.3, 0.4) is 0 Å². The van der Waals surface area contributed by atoms with Gasteiger partial charge in [-0.05, 0) is 29.8 Å². The van der Waals surface area contributed by atoms with Crippen LogP contribution in [-0.4, -0.2) is 15.0 Å². The summed E-state index contributed by atoms with van der Waals surface area (Å²) < 4.78 is 1.32. The van der Waals surface area contributed by atoms with E-state index in [0.29, 0.717) is 21.3 Å². The van der Waals surface area contributed by atoms with E-state index in [2.05, 4.69) is 5.10 Å². The van der Waals surface area contributed by atoms with Crippen LogP contribution in [0.25, 0.3) is 11.3 Å². The van der Waals surface area contributed by atoms with Crippen molar-refractivity contribution in [1.29, 1.82) is 0 Å². The van der Waals surface area contributed by atoms with E-state index in [1.165, 1.54) is 4.68 Å². The molecule has 18 heavy (non-hydrogen) atoms. The number of aromatic nitrogens is 2. The lowest BCUT2D eigenvalue weighted by molar-refractivity contribution is 0.107. The lowest BCUT2D eigenvalue weighted by Crippen LogP contribution is -2.01. The zero-order valence-corrected chi connectivity index (χ0v) is 12.1. The van der Waals surface area contributed by atoms with Gasteiger partial charge in [0, 0.05) is 17.6 Å². The summed E-state index contributed by atoms with van der Waals surface area (Å²) in [5, 5.41) is 4.54. The first-order valence-corrected chi connectivity index (χ1v) is 6.30. The molecule has 94 valence electrons. The molecule has 1 aromatic carbocycles. The lowest BCUT2D eigenvalue weighted by Gasteiger charge is -2.01. The van der Waals surface area contributed by atoms with E-state index in [-0.39, 0.29) is 10.7 Å². The monoisotopic (exact) mass is 322 g/mol. The van der Waals surface area contributed by atoms with Crippen molar-refractivity contribution in [2.75, 3.05) is 0 Å². The van der Waals surface area contributed by atoms with E-state index in [4.69, 9.17) is 46.4 Å². The number of carbonyl (C=O) groups is 1. The van der Waals surface area contributed by atoms with E-state index in [0.717, 1.165) is 0 Å². The van der Waals surface area contributed by atoms with Crippen LogP contribution in [-0.2, 0) is 7.05 Å². The highest BCUT2D eigenvalue weighted by molar-refractivity contribution is 6.68. The highest BCUT2D eigenvalue weighted by atomic mass is 35.5. The Morgan fingerprint density at radius 2 is 1.94 bits per heavy atom. The van der Waals surface area contributed by atoms with E-state index in [9.17, 15) is 4.79 Å². The minimum atomic E-state index is -0.675. The third kappa shape index (κ3) is 2.36. The maximum atomic E-state index is 11.2. The third-order valence-electron chi connectivity index (χ3n) is 2.36. The summed E-state index contributed by atoms with van der Waals surface area (Å²) in [6.45, 7) is 0. The van der Waals surface area contributed by atoms with Crippen LogP contribution < -0.4 is 0 Å². The first-order chi connectivity index (χ1) is 8.41. The standard InChI is InChI=1S/C11H6Cl4N2O/c1-17-10(11(15)18)8(14)9(16-17)6-3-2-5(12)4-7(6)13/h2-4H,1H3. The third-order valence-corrected chi connectivity index (χ3v) is 3.45. The van der Waals surface area contributed by atoms with E-state index in [1.807, 2.05) is 0 Å². The molecule has 0 aliphatic carbocycles. The van der Waals surface area contributed by atoms with Gasteiger partial charge in [-0.2, -0.15) is 5.10 Å². The first kappa shape index (κ1) is 13.7. The Labute approximate surface area is 123 Å². The van der Waals surface area contributed by atoms with Gasteiger partial charge in [-0.15, -0.1) is 0 Å². The Kier molecular flexibility index (Phi) is 3.87. The molecular weight excluding hydrogens is 318 g/mol. The summed E-state index contributed by atoms with van der Waals surface area (Å²) in [5.41, 5.74) is 1.11. The fourth-order valence-corrected chi connectivity index (χ4v) is 2.68. The number of hydrogen-bond acceptors (Lipinski definition) is 2. The van der Waals surface area contributed by atoms with E-state index in [1.54, 1.807) is 25.2 Å². The highest BCUT2D eigenvalue weighted by Gasteiger charge is 2.21. The minimum Gasteiger partial charge on any atom is -0.274 e. The summed E-state index contributed by atoms with van der Waals surface area (Å²) in [6.07, 6.45) is 0. The molecule has 1 heterocycles. The van der Waals surface area contributed by atoms with Crippen molar-refractivity contribution in [3.8, 4) is 11.3 Å². The average molecular weight is 324 g/mol. The van der Waals surface area contributed by atoms with Gasteiger partial charge in [-0.1, -0.05) is 34.8 Å². The van der Waals surface area contributed by atoms with Crippen molar-refractivity contribution >= 4 is 51.6 Å². The quantitative estimate of drug-likeness (QED) is 0.766. The van der Waals surface area contributed by atoms with Crippen molar-refractivity contribution in [2.24, 2.45) is 7.05 Å². The van der Waals surface area contributed by atoms with Crippen LogP contribution >= 0.6 is 46.4 Å². The molecule has 2 aromatic rings. The molecule has 0 fully saturated rings. The minimum absolute atomic E-state index is 0.124. The van der Waals surface area contributed by atoms with Gasteiger partial charge in [0.2, 0.25) is 0 Å². The molecule has 2 rings (SSSR count). The Bertz CT molecular complexity index is 636. The lowest BCUT2D eigenvalue weighted by atomic mass is 10.1. The van der Waals surface area contributed by atoms with Crippen molar-refractivity contribution < 1.29 is 4.79 Å². The van der Waals surface area contributed by atoms with Gasteiger partial charge in [-0.3, -0.25) is 9.48 Å². The Balaban J connectivity index is 2.65. The van der Waals surface area contributed by atoms with Crippen molar-refractivity contribution in [1.82, 2.24) is 9.78 Å². The number of halogens is 4. The molecule has 0 aliphatic heterocycles. The molecule has 0 bridgehead atoms. The first-order valence-electron chi connectivity index (χ1n) is 4.79. The molecule has 7 heteroatoms. The second-order valence-corrected chi connectivity index (χ2v) is 5.10. The fourth-order valence-electron chi connectivity index (χ4n) is 1.57. The molecule has 0 radical (unpaired) electrons. The molecular formula is C11H6Cl4N2O. The second-order valence-electron chi connectivity index (χ2n) is 3.53. The molecule has 0 aliphatic rings. The Morgan fingerprint density at radius 3 is 2.44 bits per heavy atom. The van der Waals surface area contributed by atoms with Gasteiger partial charge in [0.15, 0.2) is 0 Å². The molecule has 0 atom stereocenters. The summed E-state index contributed by atoms with van der Waals surface area (Å²) in [7, 11) is 1.58. The van der Waals surface area contributed by atoms with Gasteiger partial charge in [0.05, 0.1) is 10.0 Å². The number of rotatable bonds is 2. The predicted molar refractivity (Wildman–Crippen MR) is 73.9 cm³/mol. The summed E-state index contributed by atoms with van der Waals surface area (Å²) >= 11 is 23.4. The van der Waals surface area contributed by atoms with Crippen molar-refractivity contribution in [2.45, 2.75) is 0 Å². The largest absolute Gasteiger partial charge is 0.274 e. The molecule has 0 saturated carbocycles. The average Bonchev–Trinajstić information content (AvgIpc) is 2.54. The maximum absolute atomic E-state index is 11.2. The van der Waals surface area contributed by atoms with E-state index >= 15 is 0 Å². The highest BCUT2D eigenvalue weighted by Crippen LogP contribution is 2.35. The summed E-state index contributed by atoms with van der Waals surface area (Å²) in [6, 6.07) is 4.92. The van der Waals surface area contributed by atoms with Gasteiger partial charge in [0.25, 0.3) is 5.24 Å². The zero-order chi connectivity index (χ0) is 13.4. The molecule has 0 spiro atoms. The number of nitrogens with zero attached hydrogens (tertiary/aromatic N) is 2. The normalized spacial score (nSPS) is 10.7. The van der Waals surface area contributed by atoms with Gasteiger partial charge < -0.3 is 0 Å².